The van der Waals surface area contributed by atoms with Gasteiger partial charge in [0.15, 0.2) is 0 Å². The van der Waals surface area contributed by atoms with E-state index in [0.717, 1.165) is 5.56 Å². The Morgan fingerprint density at radius 1 is 1.04 bits per heavy atom. The van der Waals surface area contributed by atoms with Crippen LogP contribution in [0.15, 0.2) is 53.4 Å². The molecule has 23 heavy (non-hydrogen) atoms. The minimum Gasteiger partial charge on any atom is -0.287 e. The lowest BCUT2D eigenvalue weighted by Crippen LogP contribution is -2.25. The Kier molecular flexibility index (Phi) is 5.45. The fourth-order valence-corrected chi connectivity index (χ4v) is 5.89. The molecular weight excluding hydrogens is 352 g/mol. The Morgan fingerprint density at radius 3 is 2.17 bits per heavy atom. The minimum atomic E-state index is -3.84. The number of hydrogen-bond acceptors (Lipinski definition) is 3. The summed E-state index contributed by atoms with van der Waals surface area (Å²) < 4.78 is 25.7. The molecule has 0 aliphatic carbocycles. The van der Waals surface area contributed by atoms with E-state index >= 15 is 0 Å². The van der Waals surface area contributed by atoms with Crippen LogP contribution in [0.3, 0.4) is 0 Å². The van der Waals surface area contributed by atoms with Gasteiger partial charge in [0.05, 0.1) is 4.90 Å². The van der Waals surface area contributed by atoms with Gasteiger partial charge in [0.2, 0.25) is 15.6 Å². The summed E-state index contributed by atoms with van der Waals surface area (Å²) in [7, 11) is -4.57. The van der Waals surface area contributed by atoms with Gasteiger partial charge in [-0.3, -0.25) is 4.79 Å². The van der Waals surface area contributed by atoms with Gasteiger partial charge in [0.25, 0.3) is 0 Å². The molecule has 0 bridgehead atoms. The van der Waals surface area contributed by atoms with Crippen molar-refractivity contribution in [3.63, 3.8) is 0 Å². The summed E-state index contributed by atoms with van der Waals surface area (Å²) >= 11 is 5.91. The first kappa shape index (κ1) is 17.9. The van der Waals surface area contributed by atoms with Crippen molar-refractivity contribution in [3.8, 4) is 0 Å². The molecule has 6 heteroatoms. The second kappa shape index (κ2) is 6.99. The number of benzene rings is 2. The first-order valence-electron chi connectivity index (χ1n) is 6.80. The summed E-state index contributed by atoms with van der Waals surface area (Å²) in [5, 5.41) is 0.398. The predicted octanol–water partition coefficient (Wildman–Crippen LogP) is 3.96. The van der Waals surface area contributed by atoms with Crippen molar-refractivity contribution in [3.05, 3.63) is 64.7 Å². The number of sulfone groups is 1. The standard InChI is InChI=1S/C17H17ClO3S2/c1-12-7-9-15(10-8-12)23(20,21)17(22(2)3)16(19)13-5-4-6-14(18)11-13/h4-11H,1-3H3. The number of carbonyl (C=O) groups excluding carboxylic acids is 1. The van der Waals surface area contributed by atoms with Crippen LogP contribution < -0.4 is 0 Å². The average molecular weight is 369 g/mol. The van der Waals surface area contributed by atoms with Crippen molar-refractivity contribution in [1.29, 1.82) is 0 Å². The van der Waals surface area contributed by atoms with E-state index in [1.165, 1.54) is 18.2 Å². The summed E-state index contributed by atoms with van der Waals surface area (Å²) in [5.74, 6) is -0.499. The zero-order chi connectivity index (χ0) is 17.2. The number of aryl methyl sites for hydroxylation is 1. The van der Waals surface area contributed by atoms with Gasteiger partial charge >= 0.3 is 0 Å². The number of carbonyl (C=O) groups is 1. The number of hydrogen-bond donors (Lipinski definition) is 0. The topological polar surface area (TPSA) is 51.2 Å². The molecule has 0 heterocycles. The number of Topliss-reactive ketones (excluding diaryl/α,β-unsaturated/α-hetero) is 1. The summed E-state index contributed by atoms with van der Waals surface area (Å²) in [4.78, 5) is 12.9. The predicted molar refractivity (Wildman–Crippen MR) is 98.6 cm³/mol. The minimum absolute atomic E-state index is 0.0939. The molecule has 0 radical (unpaired) electrons. The van der Waals surface area contributed by atoms with Gasteiger partial charge in [-0.25, -0.2) is 8.42 Å². The lowest BCUT2D eigenvalue weighted by Gasteiger charge is -2.11. The highest BCUT2D eigenvalue weighted by Crippen LogP contribution is 2.23. The molecule has 2 aromatic rings. The normalized spacial score (nSPS) is 11.5. The maximum atomic E-state index is 12.9. The van der Waals surface area contributed by atoms with E-state index in [1.807, 2.05) is 6.92 Å². The Balaban J connectivity index is 2.57. The molecule has 0 atom stereocenters. The summed E-state index contributed by atoms with van der Waals surface area (Å²) in [5.41, 5.74) is 1.24. The summed E-state index contributed by atoms with van der Waals surface area (Å²) in [6.07, 6.45) is 3.45. The van der Waals surface area contributed by atoms with E-state index in [-0.39, 0.29) is 14.7 Å². The highest BCUT2D eigenvalue weighted by atomic mass is 35.5. The van der Waals surface area contributed by atoms with Gasteiger partial charge in [0.1, 0.15) is 4.20 Å². The van der Waals surface area contributed by atoms with E-state index < -0.39 is 26.1 Å². The summed E-state index contributed by atoms with van der Waals surface area (Å²) in [6, 6.07) is 12.8. The van der Waals surface area contributed by atoms with Crippen LogP contribution in [0.4, 0.5) is 0 Å². The molecule has 0 saturated heterocycles. The van der Waals surface area contributed by atoms with Crippen LogP contribution in [-0.4, -0.2) is 30.9 Å². The second-order valence-corrected chi connectivity index (χ2v) is 9.88. The second-order valence-electron chi connectivity index (χ2n) is 5.26. The SMILES string of the molecule is Cc1ccc(S(=O)(=O)C(C(=O)c2cccc(Cl)c2)=S(C)C)cc1. The van der Waals surface area contributed by atoms with Crippen molar-refractivity contribution < 1.29 is 13.2 Å². The quantitative estimate of drug-likeness (QED) is 0.608. The van der Waals surface area contributed by atoms with Crippen LogP contribution in [0.5, 0.6) is 0 Å². The van der Waals surface area contributed by atoms with Crippen molar-refractivity contribution in [2.24, 2.45) is 0 Å². The van der Waals surface area contributed by atoms with Crippen molar-refractivity contribution in [2.75, 3.05) is 12.5 Å². The van der Waals surface area contributed by atoms with E-state index in [9.17, 15) is 13.2 Å². The molecule has 0 saturated carbocycles. The molecule has 2 aromatic carbocycles. The smallest absolute Gasteiger partial charge is 0.215 e. The monoisotopic (exact) mass is 368 g/mol. The largest absolute Gasteiger partial charge is 0.287 e. The molecule has 0 spiro atoms. The maximum absolute atomic E-state index is 12.9. The first-order valence-corrected chi connectivity index (χ1v) is 10.7. The third-order valence-electron chi connectivity index (χ3n) is 3.22. The lowest BCUT2D eigenvalue weighted by atomic mass is 10.1. The van der Waals surface area contributed by atoms with Gasteiger partial charge in [-0.05, 0) is 43.7 Å². The highest BCUT2D eigenvalue weighted by molar-refractivity contribution is 8.32. The van der Waals surface area contributed by atoms with Crippen molar-refractivity contribution in [2.45, 2.75) is 11.8 Å². The van der Waals surface area contributed by atoms with Crippen molar-refractivity contribution in [1.82, 2.24) is 0 Å². The van der Waals surface area contributed by atoms with Crippen LogP contribution in [0.25, 0.3) is 0 Å². The number of halogens is 1. The molecule has 0 fully saturated rings. The lowest BCUT2D eigenvalue weighted by molar-refractivity contribution is 0.107. The number of ketones is 1. The molecule has 0 amide bonds. The van der Waals surface area contributed by atoms with Gasteiger partial charge in [0, 0.05) is 10.6 Å². The zero-order valence-electron chi connectivity index (χ0n) is 13.0. The molecular formula is C17H17ClO3S2. The van der Waals surface area contributed by atoms with Gasteiger partial charge < -0.3 is 0 Å². The van der Waals surface area contributed by atoms with E-state index in [1.54, 1.807) is 42.8 Å². The van der Waals surface area contributed by atoms with E-state index in [0.29, 0.717) is 5.02 Å². The van der Waals surface area contributed by atoms with E-state index in [4.69, 9.17) is 11.6 Å². The third-order valence-corrected chi connectivity index (χ3v) is 7.60. The third kappa shape index (κ3) is 3.91. The molecule has 3 nitrogen and oxygen atoms in total. The molecule has 122 valence electrons. The molecule has 0 aromatic heterocycles. The molecule has 2 rings (SSSR count). The first-order chi connectivity index (χ1) is 10.7. The Labute approximate surface area is 144 Å². The average Bonchev–Trinajstić information content (AvgIpc) is 2.47. The molecule has 0 aliphatic heterocycles. The molecule has 0 N–H and O–H groups in total. The van der Waals surface area contributed by atoms with Crippen LogP contribution in [0.1, 0.15) is 15.9 Å². The van der Waals surface area contributed by atoms with Crippen LogP contribution in [-0.2, 0) is 9.84 Å². The van der Waals surface area contributed by atoms with Crippen LogP contribution in [0, 0.1) is 6.92 Å². The van der Waals surface area contributed by atoms with E-state index in [2.05, 4.69) is 0 Å². The Hall–Kier alpha value is -1.43. The van der Waals surface area contributed by atoms with Gasteiger partial charge in [-0.2, -0.15) is 10.5 Å². The summed E-state index contributed by atoms with van der Waals surface area (Å²) in [6.45, 7) is 1.88. The highest BCUT2D eigenvalue weighted by Gasteiger charge is 2.29. The number of rotatable bonds is 3. The Morgan fingerprint density at radius 2 is 1.65 bits per heavy atom. The van der Waals surface area contributed by atoms with Crippen LogP contribution >= 0.6 is 22.1 Å². The molecule has 0 unspecified atom stereocenters. The van der Waals surface area contributed by atoms with Crippen molar-refractivity contribution >= 4 is 41.9 Å². The Bertz CT molecular complexity index is 878. The maximum Gasteiger partial charge on any atom is 0.215 e. The zero-order valence-corrected chi connectivity index (χ0v) is 15.4. The molecule has 0 aliphatic rings. The fourth-order valence-electron chi connectivity index (χ4n) is 2.10. The van der Waals surface area contributed by atoms with Crippen LogP contribution in [0.2, 0.25) is 5.02 Å². The fraction of sp³-hybridized carbons (Fsp3) is 0.176. The van der Waals surface area contributed by atoms with Gasteiger partial charge in [-0.15, -0.1) is 0 Å². The van der Waals surface area contributed by atoms with Gasteiger partial charge in [-0.1, -0.05) is 41.4 Å².